The number of sulfone groups is 1. The Hall–Kier alpha value is -1.50. The van der Waals surface area contributed by atoms with E-state index >= 15 is 0 Å². The maximum Gasteiger partial charge on any atom is 0.153 e. The van der Waals surface area contributed by atoms with Gasteiger partial charge >= 0.3 is 0 Å². The summed E-state index contributed by atoms with van der Waals surface area (Å²) in [5, 5.41) is 0. The van der Waals surface area contributed by atoms with Crippen molar-refractivity contribution in [2.75, 3.05) is 41.0 Å². The van der Waals surface area contributed by atoms with E-state index in [-0.39, 0.29) is 17.3 Å². The predicted molar refractivity (Wildman–Crippen MR) is 63.9 cm³/mol. The molecule has 1 saturated heterocycles. The summed E-state index contributed by atoms with van der Waals surface area (Å²) >= 11 is 0. The van der Waals surface area contributed by atoms with Crippen LogP contribution in [-0.2, 0) is 9.84 Å². The summed E-state index contributed by atoms with van der Waals surface area (Å²) in [7, 11) is -2.87. The number of hydrogen-bond donors (Lipinski definition) is 2. The van der Waals surface area contributed by atoms with Crippen LogP contribution in [0.1, 0.15) is 0 Å². The SMILES string of the molecule is Nc1ccc(N2CCS(=O)(=O)CC2)nc1N. The molecule has 6 nitrogen and oxygen atoms in total. The van der Waals surface area contributed by atoms with Crippen LogP contribution >= 0.6 is 0 Å². The standard InChI is InChI=1S/C9H14N4O2S/c10-7-1-2-8(12-9(7)11)13-3-5-16(14,15)6-4-13/h1-2H,3-6,10H2,(H2,11,12). The van der Waals surface area contributed by atoms with E-state index < -0.39 is 9.84 Å². The van der Waals surface area contributed by atoms with Crippen molar-refractivity contribution in [1.29, 1.82) is 0 Å². The third-order valence-corrected chi connectivity index (χ3v) is 4.22. The molecule has 0 radical (unpaired) electrons. The summed E-state index contributed by atoms with van der Waals surface area (Å²) < 4.78 is 22.5. The molecule has 1 fully saturated rings. The van der Waals surface area contributed by atoms with E-state index in [0.29, 0.717) is 24.6 Å². The molecule has 1 aromatic heterocycles. The highest BCUT2D eigenvalue weighted by molar-refractivity contribution is 7.91. The van der Waals surface area contributed by atoms with Crippen LogP contribution in [0.25, 0.3) is 0 Å². The molecule has 0 unspecified atom stereocenters. The van der Waals surface area contributed by atoms with Gasteiger partial charge in [-0.25, -0.2) is 13.4 Å². The van der Waals surface area contributed by atoms with Gasteiger partial charge in [0.2, 0.25) is 0 Å². The van der Waals surface area contributed by atoms with Crippen LogP contribution < -0.4 is 16.4 Å². The Labute approximate surface area is 94.2 Å². The first-order chi connectivity index (χ1) is 7.48. The highest BCUT2D eigenvalue weighted by Crippen LogP contribution is 2.19. The van der Waals surface area contributed by atoms with Gasteiger partial charge in [-0.1, -0.05) is 0 Å². The lowest BCUT2D eigenvalue weighted by Crippen LogP contribution is -2.40. The van der Waals surface area contributed by atoms with Crippen molar-refractivity contribution in [2.45, 2.75) is 0 Å². The Morgan fingerprint density at radius 1 is 1.19 bits per heavy atom. The second-order valence-corrected chi connectivity index (χ2v) is 6.09. The van der Waals surface area contributed by atoms with Gasteiger partial charge in [0.1, 0.15) is 11.6 Å². The van der Waals surface area contributed by atoms with Crippen LogP contribution in [0.3, 0.4) is 0 Å². The van der Waals surface area contributed by atoms with Crippen LogP contribution in [0, 0.1) is 0 Å². The normalized spacial score (nSPS) is 19.6. The molecule has 7 heteroatoms. The van der Waals surface area contributed by atoms with Crippen LogP contribution in [0.15, 0.2) is 12.1 Å². The first kappa shape index (κ1) is 11.0. The lowest BCUT2D eigenvalue weighted by molar-refractivity contribution is 0.586. The largest absolute Gasteiger partial charge is 0.396 e. The zero-order chi connectivity index (χ0) is 11.8. The highest BCUT2D eigenvalue weighted by Gasteiger charge is 2.22. The monoisotopic (exact) mass is 242 g/mol. The fourth-order valence-corrected chi connectivity index (χ4v) is 2.79. The Morgan fingerprint density at radius 3 is 2.38 bits per heavy atom. The molecule has 4 N–H and O–H groups in total. The van der Waals surface area contributed by atoms with E-state index in [9.17, 15) is 8.42 Å². The van der Waals surface area contributed by atoms with Crippen molar-refractivity contribution in [3.05, 3.63) is 12.1 Å². The summed E-state index contributed by atoms with van der Waals surface area (Å²) in [4.78, 5) is 6.03. The van der Waals surface area contributed by atoms with Crippen molar-refractivity contribution in [1.82, 2.24) is 4.98 Å². The summed E-state index contributed by atoms with van der Waals surface area (Å²) in [6, 6.07) is 3.43. The average Bonchev–Trinajstić information content (AvgIpc) is 2.22. The van der Waals surface area contributed by atoms with Crippen LogP contribution in [0.2, 0.25) is 0 Å². The van der Waals surface area contributed by atoms with Crippen molar-refractivity contribution in [2.24, 2.45) is 0 Å². The molecule has 1 aromatic rings. The summed E-state index contributed by atoms with van der Waals surface area (Å²) in [5.74, 6) is 1.30. The molecular weight excluding hydrogens is 228 g/mol. The van der Waals surface area contributed by atoms with E-state index in [4.69, 9.17) is 11.5 Å². The molecule has 0 aliphatic carbocycles. The number of anilines is 3. The predicted octanol–water partition coefficient (Wildman–Crippen LogP) is -0.519. The quantitative estimate of drug-likeness (QED) is 0.687. The lowest BCUT2D eigenvalue weighted by atomic mass is 10.3. The van der Waals surface area contributed by atoms with Crippen molar-refractivity contribution in [3.8, 4) is 0 Å². The minimum absolute atomic E-state index is 0.166. The van der Waals surface area contributed by atoms with Gasteiger partial charge in [0, 0.05) is 13.1 Å². The van der Waals surface area contributed by atoms with Gasteiger partial charge in [0.05, 0.1) is 17.2 Å². The summed E-state index contributed by atoms with van der Waals surface area (Å²) in [6.45, 7) is 0.914. The van der Waals surface area contributed by atoms with Gasteiger partial charge < -0.3 is 16.4 Å². The Bertz CT molecular complexity index is 486. The minimum atomic E-state index is -2.87. The molecule has 2 rings (SSSR count). The third-order valence-electron chi connectivity index (χ3n) is 2.61. The van der Waals surface area contributed by atoms with Gasteiger partial charge in [-0.15, -0.1) is 0 Å². The lowest BCUT2D eigenvalue weighted by Gasteiger charge is -2.27. The number of aromatic nitrogens is 1. The molecule has 0 amide bonds. The van der Waals surface area contributed by atoms with Gasteiger partial charge in [0.15, 0.2) is 9.84 Å². The van der Waals surface area contributed by atoms with Crippen molar-refractivity contribution >= 4 is 27.2 Å². The fourth-order valence-electron chi connectivity index (χ4n) is 1.59. The van der Waals surface area contributed by atoms with Gasteiger partial charge in [-0.3, -0.25) is 0 Å². The molecule has 1 aliphatic rings. The zero-order valence-electron chi connectivity index (χ0n) is 8.76. The van der Waals surface area contributed by atoms with E-state index in [1.807, 2.05) is 4.90 Å². The van der Waals surface area contributed by atoms with Gasteiger partial charge in [-0.05, 0) is 12.1 Å². The molecule has 88 valence electrons. The molecule has 0 spiro atoms. The molecule has 0 atom stereocenters. The maximum atomic E-state index is 11.3. The molecule has 0 aromatic carbocycles. The average molecular weight is 242 g/mol. The van der Waals surface area contributed by atoms with Gasteiger partial charge in [0.25, 0.3) is 0 Å². The molecular formula is C9H14N4O2S. The second kappa shape index (κ2) is 3.82. The fraction of sp³-hybridized carbons (Fsp3) is 0.444. The first-order valence-electron chi connectivity index (χ1n) is 4.95. The molecule has 2 heterocycles. The van der Waals surface area contributed by atoms with Crippen LogP contribution in [-0.4, -0.2) is 38.0 Å². The first-order valence-corrected chi connectivity index (χ1v) is 6.77. The maximum absolute atomic E-state index is 11.3. The topological polar surface area (TPSA) is 102 Å². The molecule has 0 saturated carbocycles. The minimum Gasteiger partial charge on any atom is -0.396 e. The number of nitrogens with zero attached hydrogens (tertiary/aromatic N) is 2. The second-order valence-electron chi connectivity index (χ2n) is 3.78. The zero-order valence-corrected chi connectivity index (χ0v) is 9.57. The van der Waals surface area contributed by atoms with Crippen molar-refractivity contribution in [3.63, 3.8) is 0 Å². The summed E-state index contributed by atoms with van der Waals surface area (Å²) in [6.07, 6.45) is 0. The van der Waals surface area contributed by atoms with Crippen LogP contribution in [0.4, 0.5) is 17.3 Å². The number of rotatable bonds is 1. The Balaban J connectivity index is 2.17. The number of nitrogen functional groups attached to an aromatic ring is 2. The molecule has 1 aliphatic heterocycles. The number of nitrogens with two attached hydrogens (primary N) is 2. The highest BCUT2D eigenvalue weighted by atomic mass is 32.2. The van der Waals surface area contributed by atoms with E-state index in [2.05, 4.69) is 4.98 Å². The number of hydrogen-bond acceptors (Lipinski definition) is 6. The third kappa shape index (κ3) is 2.19. The van der Waals surface area contributed by atoms with E-state index in [1.54, 1.807) is 12.1 Å². The van der Waals surface area contributed by atoms with Crippen LogP contribution in [0.5, 0.6) is 0 Å². The van der Waals surface area contributed by atoms with Crippen molar-refractivity contribution < 1.29 is 8.42 Å². The summed E-state index contributed by atoms with van der Waals surface area (Å²) in [5.41, 5.74) is 11.6. The smallest absolute Gasteiger partial charge is 0.153 e. The Kier molecular flexibility index (Phi) is 2.63. The number of pyridine rings is 1. The van der Waals surface area contributed by atoms with E-state index in [0.717, 1.165) is 0 Å². The molecule has 16 heavy (non-hydrogen) atoms. The molecule has 0 bridgehead atoms. The van der Waals surface area contributed by atoms with Gasteiger partial charge in [-0.2, -0.15) is 0 Å². The Morgan fingerprint density at radius 2 is 1.81 bits per heavy atom. The van der Waals surface area contributed by atoms with E-state index in [1.165, 1.54) is 0 Å².